The zero-order valence-corrected chi connectivity index (χ0v) is 13.8. The Morgan fingerprint density at radius 2 is 1.86 bits per heavy atom. The fourth-order valence-electron chi connectivity index (χ4n) is 2.64. The molecule has 114 valence electrons. The van der Waals surface area contributed by atoms with E-state index in [9.17, 15) is 0 Å². The van der Waals surface area contributed by atoms with Crippen molar-refractivity contribution in [3.05, 3.63) is 17.3 Å². The molecule has 1 aliphatic rings. The minimum Gasteiger partial charge on any atom is -0.355 e. The average molecular weight is 307 g/mol. The molecule has 5 heteroatoms. The third kappa shape index (κ3) is 4.87. The van der Waals surface area contributed by atoms with Crippen molar-refractivity contribution in [3.8, 4) is 11.8 Å². The molecule has 1 aliphatic carbocycles. The zero-order chi connectivity index (χ0) is 15.2. The van der Waals surface area contributed by atoms with Crippen LogP contribution in [0.4, 0.5) is 5.82 Å². The molecule has 0 amide bonds. The summed E-state index contributed by atoms with van der Waals surface area (Å²) in [5.74, 6) is 8.10. The van der Waals surface area contributed by atoms with E-state index in [0.717, 1.165) is 38.0 Å². The highest BCUT2D eigenvalue weighted by molar-refractivity contribution is 6.29. The van der Waals surface area contributed by atoms with Gasteiger partial charge < -0.3 is 4.90 Å². The Hall–Kier alpha value is -1.31. The fraction of sp³-hybridized carbons (Fsp3) is 0.625. The molecule has 0 aliphatic heterocycles. The molecule has 4 nitrogen and oxygen atoms in total. The van der Waals surface area contributed by atoms with Crippen molar-refractivity contribution in [2.75, 3.05) is 32.6 Å². The Morgan fingerprint density at radius 3 is 2.43 bits per heavy atom. The molecule has 0 radical (unpaired) electrons. The molecule has 0 unspecified atom stereocenters. The van der Waals surface area contributed by atoms with Crippen LogP contribution in [0.25, 0.3) is 0 Å². The van der Waals surface area contributed by atoms with Gasteiger partial charge in [-0.05, 0) is 51.9 Å². The fourth-order valence-corrected chi connectivity index (χ4v) is 2.74. The zero-order valence-electron chi connectivity index (χ0n) is 13.0. The quantitative estimate of drug-likeness (QED) is 0.804. The average Bonchev–Trinajstić information content (AvgIpc) is 2.48. The molecule has 1 aromatic rings. The maximum Gasteiger partial charge on any atom is 0.151 e. The van der Waals surface area contributed by atoms with E-state index in [0.29, 0.717) is 17.1 Å². The highest BCUT2D eigenvalue weighted by Crippen LogP contribution is 2.28. The van der Waals surface area contributed by atoms with Crippen LogP contribution in [0.15, 0.2) is 12.1 Å². The van der Waals surface area contributed by atoms with Gasteiger partial charge in [0.2, 0.25) is 0 Å². The van der Waals surface area contributed by atoms with Crippen molar-refractivity contribution in [3.63, 3.8) is 0 Å². The van der Waals surface area contributed by atoms with Crippen LogP contribution in [0, 0.1) is 17.8 Å². The minimum atomic E-state index is 0.437. The lowest BCUT2D eigenvalue weighted by molar-refractivity contribution is 0.372. The second kappa shape index (κ2) is 7.63. The molecule has 1 fully saturated rings. The Balaban J connectivity index is 1.85. The predicted octanol–water partition coefficient (Wildman–Crippen LogP) is 2.69. The molecule has 0 saturated heterocycles. The number of nitrogens with zero attached hydrogens (tertiary/aromatic N) is 4. The Kier molecular flexibility index (Phi) is 5.84. The van der Waals surface area contributed by atoms with E-state index in [4.69, 9.17) is 11.6 Å². The number of rotatable bonds is 3. The molecule has 1 heterocycles. The van der Waals surface area contributed by atoms with Crippen LogP contribution < -0.4 is 4.90 Å². The van der Waals surface area contributed by atoms with Crippen LogP contribution in [0.1, 0.15) is 25.7 Å². The van der Waals surface area contributed by atoms with Crippen LogP contribution in [0.5, 0.6) is 0 Å². The summed E-state index contributed by atoms with van der Waals surface area (Å²) in [6.07, 6.45) is 4.64. The predicted molar refractivity (Wildman–Crippen MR) is 87.5 cm³/mol. The Labute approximate surface area is 132 Å². The van der Waals surface area contributed by atoms with E-state index in [1.54, 1.807) is 6.07 Å². The van der Waals surface area contributed by atoms with Gasteiger partial charge in [0, 0.05) is 19.0 Å². The van der Waals surface area contributed by atoms with Crippen LogP contribution in [-0.4, -0.2) is 48.8 Å². The van der Waals surface area contributed by atoms with E-state index in [1.807, 2.05) is 20.2 Å². The van der Waals surface area contributed by atoms with Gasteiger partial charge in [-0.2, -0.15) is 0 Å². The van der Waals surface area contributed by atoms with Gasteiger partial charge in [0.05, 0.1) is 6.54 Å². The second-order valence-corrected chi connectivity index (χ2v) is 6.28. The van der Waals surface area contributed by atoms with Crippen molar-refractivity contribution in [2.45, 2.75) is 31.7 Å². The van der Waals surface area contributed by atoms with Gasteiger partial charge in [-0.3, -0.25) is 4.90 Å². The topological polar surface area (TPSA) is 32.3 Å². The molecular weight excluding hydrogens is 284 g/mol. The summed E-state index contributed by atoms with van der Waals surface area (Å²) >= 11 is 5.78. The standard InChI is InChI=1S/C16H23ClN4/c1-20(2)12-4-5-13-6-8-14(9-7-13)21(3)16-11-10-15(17)18-19-16/h10-11,13-14H,6-9,12H2,1-3H3. The van der Waals surface area contributed by atoms with Crippen molar-refractivity contribution >= 4 is 17.4 Å². The van der Waals surface area contributed by atoms with E-state index >= 15 is 0 Å². The minimum absolute atomic E-state index is 0.437. The van der Waals surface area contributed by atoms with Crippen LogP contribution in [-0.2, 0) is 0 Å². The van der Waals surface area contributed by atoms with Crippen LogP contribution >= 0.6 is 11.6 Å². The van der Waals surface area contributed by atoms with Gasteiger partial charge >= 0.3 is 0 Å². The molecular formula is C16H23ClN4. The Bertz CT molecular complexity index is 495. The molecule has 1 aromatic heterocycles. The van der Waals surface area contributed by atoms with E-state index < -0.39 is 0 Å². The van der Waals surface area contributed by atoms with E-state index in [1.165, 1.54) is 0 Å². The third-order valence-corrected chi connectivity index (χ3v) is 4.13. The lowest BCUT2D eigenvalue weighted by atomic mass is 9.86. The maximum absolute atomic E-state index is 5.78. The summed E-state index contributed by atoms with van der Waals surface area (Å²) in [5, 5.41) is 8.50. The molecule has 0 spiro atoms. The van der Waals surface area contributed by atoms with Crippen molar-refractivity contribution < 1.29 is 0 Å². The van der Waals surface area contributed by atoms with Crippen LogP contribution in [0.2, 0.25) is 5.15 Å². The summed E-state index contributed by atoms with van der Waals surface area (Å²) in [4.78, 5) is 4.32. The largest absolute Gasteiger partial charge is 0.355 e. The summed E-state index contributed by atoms with van der Waals surface area (Å²) in [7, 11) is 6.18. The van der Waals surface area contributed by atoms with Crippen molar-refractivity contribution in [2.24, 2.45) is 5.92 Å². The Morgan fingerprint density at radius 1 is 1.14 bits per heavy atom. The maximum atomic E-state index is 5.78. The van der Waals surface area contributed by atoms with Gasteiger partial charge in [0.15, 0.2) is 11.0 Å². The van der Waals surface area contributed by atoms with Crippen molar-refractivity contribution in [1.82, 2.24) is 15.1 Å². The molecule has 0 bridgehead atoms. The first-order valence-electron chi connectivity index (χ1n) is 7.41. The molecule has 0 N–H and O–H groups in total. The first kappa shape index (κ1) is 16.1. The molecule has 0 atom stereocenters. The summed E-state index contributed by atoms with van der Waals surface area (Å²) < 4.78 is 0. The monoisotopic (exact) mass is 306 g/mol. The smallest absolute Gasteiger partial charge is 0.151 e. The number of anilines is 1. The van der Waals surface area contributed by atoms with Gasteiger partial charge in [0.25, 0.3) is 0 Å². The van der Waals surface area contributed by atoms with E-state index in [2.05, 4.69) is 38.9 Å². The molecule has 0 aromatic carbocycles. The second-order valence-electron chi connectivity index (χ2n) is 5.89. The lowest BCUT2D eigenvalue weighted by Gasteiger charge is -2.33. The van der Waals surface area contributed by atoms with Crippen LogP contribution in [0.3, 0.4) is 0 Å². The van der Waals surface area contributed by atoms with Gasteiger partial charge in [0.1, 0.15) is 0 Å². The summed E-state index contributed by atoms with van der Waals surface area (Å²) in [6, 6.07) is 4.24. The van der Waals surface area contributed by atoms with Gasteiger partial charge in [-0.25, -0.2) is 0 Å². The van der Waals surface area contributed by atoms with Gasteiger partial charge in [-0.15, -0.1) is 10.2 Å². The SMILES string of the molecule is CN(C)CC#CC1CCC(N(C)c2ccc(Cl)nn2)CC1. The van der Waals surface area contributed by atoms with Crippen molar-refractivity contribution in [1.29, 1.82) is 0 Å². The highest BCUT2D eigenvalue weighted by atomic mass is 35.5. The molecule has 1 saturated carbocycles. The first-order chi connectivity index (χ1) is 10.1. The summed E-state index contributed by atoms with van der Waals surface area (Å²) in [5.41, 5.74) is 0. The third-order valence-electron chi connectivity index (χ3n) is 3.93. The van der Waals surface area contributed by atoms with Gasteiger partial charge in [-0.1, -0.05) is 23.4 Å². The highest BCUT2D eigenvalue weighted by Gasteiger charge is 2.23. The molecule has 21 heavy (non-hydrogen) atoms. The first-order valence-corrected chi connectivity index (χ1v) is 7.79. The lowest BCUT2D eigenvalue weighted by Crippen LogP contribution is -2.35. The summed E-state index contributed by atoms with van der Waals surface area (Å²) in [6.45, 7) is 0.847. The number of halogens is 1. The number of hydrogen-bond acceptors (Lipinski definition) is 4. The normalized spacial score (nSPS) is 21.8. The number of aromatic nitrogens is 2. The van der Waals surface area contributed by atoms with E-state index in [-0.39, 0.29) is 0 Å². The number of hydrogen-bond donors (Lipinski definition) is 0. The molecule has 2 rings (SSSR count).